The monoisotopic (exact) mass is 252 g/mol. The van der Waals surface area contributed by atoms with E-state index in [1.807, 2.05) is 13.8 Å². The second-order valence-electron chi connectivity index (χ2n) is 5.92. The first-order valence-electron chi connectivity index (χ1n) is 6.72. The fourth-order valence-corrected chi connectivity index (χ4v) is 2.92. The number of nitrogens with zero attached hydrogens (tertiary/aromatic N) is 1. The lowest BCUT2D eigenvalue weighted by Gasteiger charge is -2.37. The summed E-state index contributed by atoms with van der Waals surface area (Å²) in [5, 5.41) is 7.70. The molecule has 1 aliphatic rings. The zero-order chi connectivity index (χ0) is 13.3. The van der Waals surface area contributed by atoms with Gasteiger partial charge in [-0.1, -0.05) is 5.16 Å². The average Bonchev–Trinajstić information content (AvgIpc) is 2.57. The smallest absolute Gasteiger partial charge is 0.138 e. The number of aromatic nitrogens is 1. The zero-order valence-corrected chi connectivity index (χ0v) is 12.0. The van der Waals surface area contributed by atoms with Gasteiger partial charge in [-0.25, -0.2) is 0 Å². The normalized spacial score (nSPS) is 25.1. The summed E-state index contributed by atoms with van der Waals surface area (Å²) in [6, 6.07) is 0.771. The maximum Gasteiger partial charge on any atom is 0.138 e. The molecule has 1 N–H and O–H groups in total. The molecule has 2 rings (SSSR count). The van der Waals surface area contributed by atoms with Crippen LogP contribution in [0.1, 0.15) is 56.7 Å². The van der Waals surface area contributed by atoms with Crippen molar-refractivity contribution >= 4 is 0 Å². The molecule has 2 heterocycles. The Labute approximate surface area is 109 Å². The molecule has 18 heavy (non-hydrogen) atoms. The molecule has 1 aromatic heterocycles. The molecule has 1 fully saturated rings. The summed E-state index contributed by atoms with van der Waals surface area (Å²) in [4.78, 5) is 0. The minimum Gasteiger partial charge on any atom is -0.375 e. The molecule has 1 aromatic rings. The van der Waals surface area contributed by atoms with Gasteiger partial charge in [-0.05, 0) is 47.5 Å². The summed E-state index contributed by atoms with van der Waals surface area (Å²) < 4.78 is 11.0. The summed E-state index contributed by atoms with van der Waals surface area (Å²) >= 11 is 0. The zero-order valence-electron chi connectivity index (χ0n) is 12.0. The quantitative estimate of drug-likeness (QED) is 0.898. The molecular formula is C14H24N2O2. The van der Waals surface area contributed by atoms with Crippen molar-refractivity contribution in [2.75, 3.05) is 6.61 Å². The van der Waals surface area contributed by atoms with Gasteiger partial charge >= 0.3 is 0 Å². The Morgan fingerprint density at radius 2 is 2.11 bits per heavy atom. The van der Waals surface area contributed by atoms with Gasteiger partial charge in [0, 0.05) is 24.3 Å². The van der Waals surface area contributed by atoms with Crippen LogP contribution in [0.3, 0.4) is 0 Å². The molecule has 0 saturated carbocycles. The molecule has 2 unspecified atom stereocenters. The van der Waals surface area contributed by atoms with E-state index in [-0.39, 0.29) is 11.6 Å². The Hall–Kier alpha value is -0.870. The Morgan fingerprint density at radius 3 is 2.67 bits per heavy atom. The lowest BCUT2D eigenvalue weighted by molar-refractivity contribution is -0.0640. The number of hydrogen-bond acceptors (Lipinski definition) is 4. The summed E-state index contributed by atoms with van der Waals surface area (Å²) in [5.74, 6) is 0.916. The van der Waals surface area contributed by atoms with Gasteiger partial charge in [0.05, 0.1) is 11.3 Å². The molecular weight excluding hydrogens is 228 g/mol. The SMILES string of the molecule is Cc1noc(C)c1C(C)NC1CCOC(C)(C)C1. The van der Waals surface area contributed by atoms with Crippen molar-refractivity contribution in [2.45, 2.75) is 65.1 Å². The van der Waals surface area contributed by atoms with Gasteiger partial charge in [0.2, 0.25) is 0 Å². The number of nitrogens with one attached hydrogen (secondary N) is 1. The summed E-state index contributed by atoms with van der Waals surface area (Å²) in [7, 11) is 0. The van der Waals surface area contributed by atoms with Crippen molar-refractivity contribution < 1.29 is 9.26 Å². The molecule has 1 aliphatic heterocycles. The van der Waals surface area contributed by atoms with Crippen LogP contribution in [-0.4, -0.2) is 23.4 Å². The van der Waals surface area contributed by atoms with E-state index in [4.69, 9.17) is 9.26 Å². The van der Waals surface area contributed by atoms with Gasteiger partial charge in [-0.15, -0.1) is 0 Å². The van der Waals surface area contributed by atoms with Crippen LogP contribution in [0, 0.1) is 13.8 Å². The van der Waals surface area contributed by atoms with Crippen LogP contribution in [0.25, 0.3) is 0 Å². The first kappa shape index (κ1) is 13.6. The van der Waals surface area contributed by atoms with E-state index in [9.17, 15) is 0 Å². The Balaban J connectivity index is 2.01. The second kappa shape index (κ2) is 5.02. The average molecular weight is 252 g/mol. The third-order valence-electron chi connectivity index (χ3n) is 3.70. The molecule has 0 spiro atoms. The number of aryl methyl sites for hydroxylation is 2. The Bertz CT molecular complexity index is 392. The Morgan fingerprint density at radius 1 is 1.39 bits per heavy atom. The topological polar surface area (TPSA) is 47.3 Å². The molecule has 0 aromatic carbocycles. The largest absolute Gasteiger partial charge is 0.375 e. The van der Waals surface area contributed by atoms with Crippen molar-refractivity contribution in [3.05, 3.63) is 17.0 Å². The molecule has 2 atom stereocenters. The highest BCUT2D eigenvalue weighted by Gasteiger charge is 2.30. The first-order chi connectivity index (χ1) is 8.39. The van der Waals surface area contributed by atoms with E-state index in [1.165, 1.54) is 5.56 Å². The van der Waals surface area contributed by atoms with Gasteiger partial charge in [-0.2, -0.15) is 0 Å². The van der Waals surface area contributed by atoms with Crippen LogP contribution in [0.4, 0.5) is 0 Å². The highest BCUT2D eigenvalue weighted by atomic mass is 16.5. The van der Waals surface area contributed by atoms with Gasteiger partial charge in [0.1, 0.15) is 5.76 Å². The van der Waals surface area contributed by atoms with Crippen LogP contribution in [-0.2, 0) is 4.74 Å². The van der Waals surface area contributed by atoms with E-state index in [1.54, 1.807) is 0 Å². The fraction of sp³-hybridized carbons (Fsp3) is 0.786. The van der Waals surface area contributed by atoms with Gasteiger partial charge < -0.3 is 14.6 Å². The second-order valence-corrected chi connectivity index (χ2v) is 5.92. The third kappa shape index (κ3) is 2.93. The van der Waals surface area contributed by atoms with Crippen molar-refractivity contribution in [1.82, 2.24) is 10.5 Å². The summed E-state index contributed by atoms with van der Waals surface area (Å²) in [6.45, 7) is 11.3. The standard InChI is InChI=1S/C14H24N2O2/c1-9(13-10(2)16-18-11(13)3)15-12-6-7-17-14(4,5)8-12/h9,12,15H,6-8H2,1-5H3. The minimum absolute atomic E-state index is 0.0195. The maximum absolute atomic E-state index is 5.74. The van der Waals surface area contributed by atoms with Crippen LogP contribution >= 0.6 is 0 Å². The highest BCUT2D eigenvalue weighted by molar-refractivity contribution is 5.24. The molecule has 0 aliphatic carbocycles. The van der Waals surface area contributed by atoms with E-state index in [0.29, 0.717) is 6.04 Å². The van der Waals surface area contributed by atoms with Crippen LogP contribution < -0.4 is 5.32 Å². The highest BCUT2D eigenvalue weighted by Crippen LogP contribution is 2.27. The minimum atomic E-state index is -0.0195. The van der Waals surface area contributed by atoms with Gasteiger partial charge in [0.25, 0.3) is 0 Å². The summed E-state index contributed by atoms with van der Waals surface area (Å²) in [5.41, 5.74) is 2.16. The molecule has 1 saturated heterocycles. The summed E-state index contributed by atoms with van der Waals surface area (Å²) in [6.07, 6.45) is 2.11. The van der Waals surface area contributed by atoms with Crippen molar-refractivity contribution in [3.63, 3.8) is 0 Å². The number of ether oxygens (including phenoxy) is 1. The van der Waals surface area contributed by atoms with Crippen molar-refractivity contribution in [1.29, 1.82) is 0 Å². The van der Waals surface area contributed by atoms with Gasteiger partial charge in [0.15, 0.2) is 0 Å². The Kier molecular flexibility index (Phi) is 3.78. The van der Waals surface area contributed by atoms with Crippen molar-refractivity contribution in [2.24, 2.45) is 0 Å². The molecule has 4 heteroatoms. The van der Waals surface area contributed by atoms with Crippen LogP contribution in [0.15, 0.2) is 4.52 Å². The predicted octanol–water partition coefficient (Wildman–Crippen LogP) is 2.90. The van der Waals surface area contributed by atoms with Crippen molar-refractivity contribution in [3.8, 4) is 0 Å². The lowest BCUT2D eigenvalue weighted by atomic mass is 9.93. The van der Waals surface area contributed by atoms with E-state index in [0.717, 1.165) is 30.9 Å². The van der Waals surface area contributed by atoms with Gasteiger partial charge in [-0.3, -0.25) is 0 Å². The third-order valence-corrected chi connectivity index (χ3v) is 3.70. The van der Waals surface area contributed by atoms with E-state index < -0.39 is 0 Å². The fourth-order valence-electron chi connectivity index (χ4n) is 2.92. The number of rotatable bonds is 3. The van der Waals surface area contributed by atoms with E-state index >= 15 is 0 Å². The molecule has 0 radical (unpaired) electrons. The van der Waals surface area contributed by atoms with E-state index in [2.05, 4.69) is 31.2 Å². The molecule has 0 bridgehead atoms. The first-order valence-corrected chi connectivity index (χ1v) is 6.72. The number of hydrogen-bond donors (Lipinski definition) is 1. The predicted molar refractivity (Wildman–Crippen MR) is 70.6 cm³/mol. The molecule has 0 amide bonds. The van der Waals surface area contributed by atoms with Crippen LogP contribution in [0.5, 0.6) is 0 Å². The lowest BCUT2D eigenvalue weighted by Crippen LogP contribution is -2.44. The molecule has 4 nitrogen and oxygen atoms in total. The molecule has 102 valence electrons. The maximum atomic E-state index is 5.74. The van der Waals surface area contributed by atoms with Crippen LogP contribution in [0.2, 0.25) is 0 Å².